The van der Waals surface area contributed by atoms with Crippen molar-refractivity contribution in [1.82, 2.24) is 4.90 Å². The quantitative estimate of drug-likeness (QED) is 0.738. The molecule has 0 aromatic carbocycles. The van der Waals surface area contributed by atoms with Gasteiger partial charge in [-0.15, -0.1) is 0 Å². The van der Waals surface area contributed by atoms with Gasteiger partial charge >= 0.3 is 6.09 Å². The number of nitrogens with zero attached hydrogens (tertiary/aromatic N) is 1. The number of ether oxygens (including phenoxy) is 1. The molecule has 1 saturated carbocycles. The van der Waals surface area contributed by atoms with Crippen LogP contribution in [-0.2, 0) is 4.74 Å². The number of likely N-dealkylation sites (tertiary alicyclic amines) is 1. The van der Waals surface area contributed by atoms with E-state index in [-0.39, 0.29) is 6.09 Å². The highest BCUT2D eigenvalue weighted by atomic mass is 16.6. The Kier molecular flexibility index (Phi) is 6.38. The van der Waals surface area contributed by atoms with Crippen molar-refractivity contribution in [3.8, 4) is 0 Å². The van der Waals surface area contributed by atoms with Gasteiger partial charge in [-0.1, -0.05) is 27.2 Å². The molecule has 3 heteroatoms. The van der Waals surface area contributed by atoms with E-state index in [0.29, 0.717) is 12.5 Å². The van der Waals surface area contributed by atoms with Crippen molar-refractivity contribution in [2.45, 2.75) is 52.9 Å². The third-order valence-electron chi connectivity index (χ3n) is 3.71. The summed E-state index contributed by atoms with van der Waals surface area (Å²) in [5, 5.41) is 0. The number of piperidine rings is 1. The van der Waals surface area contributed by atoms with Crippen LogP contribution in [-0.4, -0.2) is 30.7 Å². The highest BCUT2D eigenvalue weighted by molar-refractivity contribution is 5.67. The van der Waals surface area contributed by atoms with Crippen molar-refractivity contribution in [2.24, 2.45) is 11.8 Å². The fourth-order valence-electron chi connectivity index (χ4n) is 2.13. The second-order valence-electron chi connectivity index (χ2n) is 5.04. The molecule has 0 aromatic rings. The fraction of sp³-hybridized carbons (Fsp3) is 0.929. The van der Waals surface area contributed by atoms with Crippen molar-refractivity contribution < 1.29 is 9.53 Å². The molecule has 17 heavy (non-hydrogen) atoms. The molecule has 1 aliphatic carbocycles. The maximum Gasteiger partial charge on any atom is 0.409 e. The number of carbonyl (C=O) groups excluding carboxylic acids is 1. The summed E-state index contributed by atoms with van der Waals surface area (Å²) in [6.45, 7) is 8.65. The highest BCUT2D eigenvalue weighted by Gasteiger charge is 2.24. The van der Waals surface area contributed by atoms with Crippen LogP contribution in [0.4, 0.5) is 4.79 Å². The molecule has 0 N–H and O–H groups in total. The standard InChI is InChI=1S/C12H21NO2.C2H6/c1-10-5-7-13(8-6-10)12(14)15-9-11-3-2-4-11;1-2/h10-11H,2-9H2,1H3;1-2H3. The topological polar surface area (TPSA) is 29.5 Å². The average Bonchev–Trinajstić information content (AvgIpc) is 2.30. The van der Waals surface area contributed by atoms with Gasteiger partial charge in [0.05, 0.1) is 6.61 Å². The van der Waals surface area contributed by atoms with Crippen molar-refractivity contribution in [2.75, 3.05) is 19.7 Å². The maximum atomic E-state index is 11.7. The molecule has 1 amide bonds. The van der Waals surface area contributed by atoms with Gasteiger partial charge in [0.25, 0.3) is 0 Å². The van der Waals surface area contributed by atoms with Crippen LogP contribution in [0.15, 0.2) is 0 Å². The zero-order valence-corrected chi connectivity index (χ0v) is 11.6. The van der Waals surface area contributed by atoms with E-state index in [2.05, 4.69) is 6.92 Å². The van der Waals surface area contributed by atoms with Crippen LogP contribution in [0.5, 0.6) is 0 Å². The summed E-state index contributed by atoms with van der Waals surface area (Å²) in [6.07, 6.45) is 5.95. The lowest BCUT2D eigenvalue weighted by Crippen LogP contribution is -2.39. The SMILES string of the molecule is CC.CC1CCN(C(=O)OCC2CCC2)CC1. The Morgan fingerprint density at radius 1 is 1.18 bits per heavy atom. The van der Waals surface area contributed by atoms with Gasteiger partial charge in [-0.05, 0) is 37.5 Å². The molecule has 0 unspecified atom stereocenters. The van der Waals surface area contributed by atoms with E-state index in [1.165, 1.54) is 19.3 Å². The summed E-state index contributed by atoms with van der Waals surface area (Å²) in [6, 6.07) is 0. The van der Waals surface area contributed by atoms with E-state index in [4.69, 9.17) is 4.74 Å². The lowest BCUT2D eigenvalue weighted by molar-refractivity contribution is 0.0630. The van der Waals surface area contributed by atoms with E-state index >= 15 is 0 Å². The van der Waals surface area contributed by atoms with Crippen LogP contribution in [0, 0.1) is 11.8 Å². The molecule has 100 valence electrons. The van der Waals surface area contributed by atoms with Crippen LogP contribution in [0.25, 0.3) is 0 Å². The van der Waals surface area contributed by atoms with E-state index in [1.54, 1.807) is 0 Å². The number of rotatable bonds is 2. The Morgan fingerprint density at radius 3 is 2.24 bits per heavy atom. The van der Waals surface area contributed by atoms with Gasteiger partial charge in [0, 0.05) is 13.1 Å². The molecular weight excluding hydrogens is 214 g/mol. The molecule has 1 aliphatic heterocycles. The Hall–Kier alpha value is -0.730. The van der Waals surface area contributed by atoms with E-state index in [0.717, 1.165) is 31.8 Å². The normalized spacial score (nSPS) is 21.2. The first kappa shape index (κ1) is 14.3. The van der Waals surface area contributed by atoms with Crippen LogP contribution in [0.1, 0.15) is 52.9 Å². The predicted octanol–water partition coefficient (Wildman–Crippen LogP) is 3.68. The van der Waals surface area contributed by atoms with Gasteiger partial charge in [0.1, 0.15) is 0 Å². The number of hydrogen-bond donors (Lipinski definition) is 0. The second kappa shape index (κ2) is 7.57. The first-order valence-electron chi connectivity index (χ1n) is 7.17. The predicted molar refractivity (Wildman–Crippen MR) is 70.0 cm³/mol. The molecule has 1 saturated heterocycles. The minimum absolute atomic E-state index is 0.0891. The van der Waals surface area contributed by atoms with Crippen molar-refractivity contribution in [3.05, 3.63) is 0 Å². The van der Waals surface area contributed by atoms with Crippen molar-refractivity contribution in [3.63, 3.8) is 0 Å². The minimum Gasteiger partial charge on any atom is -0.449 e. The van der Waals surface area contributed by atoms with Crippen LogP contribution in [0.2, 0.25) is 0 Å². The first-order chi connectivity index (χ1) is 8.25. The molecule has 1 heterocycles. The number of hydrogen-bond acceptors (Lipinski definition) is 2. The first-order valence-corrected chi connectivity index (χ1v) is 7.17. The Morgan fingerprint density at radius 2 is 1.76 bits per heavy atom. The Balaban J connectivity index is 0.000000686. The van der Waals surface area contributed by atoms with E-state index in [9.17, 15) is 4.79 Å². The third-order valence-corrected chi connectivity index (χ3v) is 3.71. The molecule has 0 atom stereocenters. The minimum atomic E-state index is -0.0891. The molecule has 2 rings (SSSR count). The number of carbonyl (C=O) groups is 1. The smallest absolute Gasteiger partial charge is 0.409 e. The van der Waals surface area contributed by atoms with Crippen molar-refractivity contribution in [1.29, 1.82) is 0 Å². The van der Waals surface area contributed by atoms with Crippen LogP contribution in [0.3, 0.4) is 0 Å². The van der Waals surface area contributed by atoms with Crippen LogP contribution >= 0.6 is 0 Å². The largest absolute Gasteiger partial charge is 0.449 e. The zero-order chi connectivity index (χ0) is 12.7. The van der Waals surface area contributed by atoms with E-state index < -0.39 is 0 Å². The van der Waals surface area contributed by atoms with Gasteiger partial charge in [-0.3, -0.25) is 0 Å². The molecule has 0 radical (unpaired) electrons. The molecule has 0 spiro atoms. The summed E-state index contributed by atoms with van der Waals surface area (Å²) >= 11 is 0. The van der Waals surface area contributed by atoms with Gasteiger partial charge in [-0.2, -0.15) is 0 Å². The molecule has 2 aliphatic rings. The Bertz CT molecular complexity index is 218. The van der Waals surface area contributed by atoms with Gasteiger partial charge in [-0.25, -0.2) is 4.79 Å². The fourth-order valence-corrected chi connectivity index (χ4v) is 2.13. The lowest BCUT2D eigenvalue weighted by atomic mass is 9.86. The van der Waals surface area contributed by atoms with Gasteiger partial charge in [0.15, 0.2) is 0 Å². The molecule has 0 bridgehead atoms. The van der Waals surface area contributed by atoms with Crippen LogP contribution < -0.4 is 0 Å². The average molecular weight is 241 g/mol. The molecular formula is C14H27NO2. The van der Waals surface area contributed by atoms with Crippen molar-refractivity contribution >= 4 is 6.09 Å². The summed E-state index contributed by atoms with van der Waals surface area (Å²) in [4.78, 5) is 13.5. The highest BCUT2D eigenvalue weighted by Crippen LogP contribution is 2.26. The van der Waals surface area contributed by atoms with Gasteiger partial charge in [0.2, 0.25) is 0 Å². The summed E-state index contributed by atoms with van der Waals surface area (Å²) < 4.78 is 5.31. The number of amides is 1. The monoisotopic (exact) mass is 241 g/mol. The third kappa shape index (κ3) is 4.57. The second-order valence-corrected chi connectivity index (χ2v) is 5.04. The van der Waals surface area contributed by atoms with E-state index in [1.807, 2.05) is 18.7 Å². The summed E-state index contributed by atoms with van der Waals surface area (Å²) in [5.41, 5.74) is 0. The summed E-state index contributed by atoms with van der Waals surface area (Å²) in [5.74, 6) is 1.42. The maximum absolute atomic E-state index is 11.7. The zero-order valence-electron chi connectivity index (χ0n) is 11.6. The summed E-state index contributed by atoms with van der Waals surface area (Å²) in [7, 11) is 0. The molecule has 0 aromatic heterocycles. The molecule has 3 nitrogen and oxygen atoms in total. The van der Waals surface area contributed by atoms with Gasteiger partial charge < -0.3 is 9.64 Å². The molecule has 2 fully saturated rings. The Labute approximate surface area is 106 Å². The lowest BCUT2D eigenvalue weighted by Gasteiger charge is -2.31.